The minimum absolute atomic E-state index is 0.870. The van der Waals surface area contributed by atoms with Gasteiger partial charge in [0.1, 0.15) is 0 Å². The fourth-order valence-electron chi connectivity index (χ4n) is 0. The molecular formula is C3H5F3O6S. The van der Waals surface area contributed by atoms with Gasteiger partial charge in [0.15, 0.2) is 0 Å². The second kappa shape index (κ2) is 4.99. The maximum atomic E-state index is 10.6. The predicted molar refractivity (Wildman–Crippen MR) is 32.2 cm³/mol. The van der Waals surface area contributed by atoms with Crippen molar-refractivity contribution in [1.82, 2.24) is 0 Å². The maximum absolute atomic E-state index is 10.6. The lowest BCUT2D eigenvalue weighted by Crippen LogP contribution is -2.21. The molecule has 0 aliphatic heterocycles. The van der Waals surface area contributed by atoms with Gasteiger partial charge < -0.3 is 5.11 Å². The van der Waals surface area contributed by atoms with Crippen molar-refractivity contribution >= 4 is 16.4 Å². The lowest BCUT2D eigenvalue weighted by molar-refractivity contribution is -0.192. The molecule has 0 saturated carbocycles. The Bertz CT molecular complexity index is 253. The Kier molecular flexibility index (Phi) is 5.62. The van der Waals surface area contributed by atoms with Crippen LogP contribution in [0.1, 0.15) is 0 Å². The van der Waals surface area contributed by atoms with Crippen LogP contribution in [0.5, 0.6) is 0 Å². The minimum atomic E-state index is -5.08. The van der Waals surface area contributed by atoms with Gasteiger partial charge in [-0.15, -0.1) is 0 Å². The largest absolute Gasteiger partial charge is 0.490 e. The highest BCUT2D eigenvalue weighted by Crippen LogP contribution is 2.13. The Labute approximate surface area is 70.9 Å². The van der Waals surface area contributed by atoms with Gasteiger partial charge in [-0.2, -0.15) is 21.6 Å². The highest BCUT2D eigenvalue weighted by molar-refractivity contribution is 7.80. The van der Waals surface area contributed by atoms with Crippen molar-refractivity contribution < 1.29 is 40.2 Å². The van der Waals surface area contributed by atoms with Crippen molar-refractivity contribution in [3.63, 3.8) is 0 Å². The number of hydrogen-bond donors (Lipinski definition) is 2. The molecule has 0 aromatic rings. The Morgan fingerprint density at radius 3 is 1.54 bits per heavy atom. The van der Waals surface area contributed by atoms with Gasteiger partial charge in [0.05, 0.1) is 7.11 Å². The van der Waals surface area contributed by atoms with Gasteiger partial charge in [-0.25, -0.2) is 4.79 Å². The Morgan fingerprint density at radius 2 is 1.54 bits per heavy atom. The van der Waals surface area contributed by atoms with Crippen LogP contribution in [0.2, 0.25) is 0 Å². The van der Waals surface area contributed by atoms with E-state index in [4.69, 9.17) is 14.5 Å². The summed E-state index contributed by atoms with van der Waals surface area (Å²) in [6, 6.07) is 0. The summed E-state index contributed by atoms with van der Waals surface area (Å²) in [5.74, 6) is -2.76. The van der Waals surface area contributed by atoms with Gasteiger partial charge in [-0.1, -0.05) is 0 Å². The number of alkyl halides is 3. The molecule has 0 aliphatic rings. The molecule has 0 aromatic carbocycles. The first kappa shape index (κ1) is 14.6. The molecule has 13 heavy (non-hydrogen) atoms. The first-order valence-electron chi connectivity index (χ1n) is 2.34. The van der Waals surface area contributed by atoms with Crippen LogP contribution < -0.4 is 0 Å². The molecule has 0 heterocycles. The number of rotatable bonds is 1. The molecule has 0 rings (SSSR count). The summed E-state index contributed by atoms with van der Waals surface area (Å²) in [5.41, 5.74) is 0. The molecule has 0 atom stereocenters. The number of hydrogen-bond acceptors (Lipinski definition) is 4. The summed E-state index contributed by atoms with van der Waals surface area (Å²) >= 11 is 0. The number of halogens is 3. The zero-order valence-corrected chi connectivity index (χ0v) is 6.89. The van der Waals surface area contributed by atoms with E-state index < -0.39 is 22.5 Å². The number of carboxylic acids is 1. The molecule has 0 saturated heterocycles. The summed E-state index contributed by atoms with van der Waals surface area (Å²) in [6.45, 7) is 0. The van der Waals surface area contributed by atoms with E-state index in [2.05, 4.69) is 4.18 Å². The average molecular weight is 226 g/mol. The number of carboxylic acid groups (broad SMARTS) is 1. The summed E-state index contributed by atoms with van der Waals surface area (Å²) in [4.78, 5) is 8.90. The van der Waals surface area contributed by atoms with E-state index in [9.17, 15) is 21.6 Å². The molecule has 0 aliphatic carbocycles. The molecule has 0 fully saturated rings. The third-order valence-corrected chi connectivity index (χ3v) is 0.874. The van der Waals surface area contributed by atoms with E-state index in [0.29, 0.717) is 0 Å². The quantitative estimate of drug-likeness (QED) is 0.613. The van der Waals surface area contributed by atoms with Crippen LogP contribution in [-0.2, 0) is 19.4 Å². The molecule has 0 unspecified atom stereocenters. The minimum Gasteiger partial charge on any atom is -0.475 e. The number of carbonyl (C=O) groups is 1. The fraction of sp³-hybridized carbons (Fsp3) is 0.667. The molecule has 2 N–H and O–H groups in total. The van der Waals surface area contributed by atoms with Gasteiger partial charge in [0.25, 0.3) is 0 Å². The molecule has 0 spiro atoms. The van der Waals surface area contributed by atoms with Crippen molar-refractivity contribution in [2.24, 2.45) is 0 Å². The van der Waals surface area contributed by atoms with Gasteiger partial charge >= 0.3 is 22.5 Å². The SMILES string of the molecule is COS(=O)(=O)O.O=C(O)C(F)(F)F. The third kappa shape index (κ3) is 14.0. The molecular weight excluding hydrogens is 221 g/mol. The topological polar surface area (TPSA) is 101 Å². The van der Waals surface area contributed by atoms with Gasteiger partial charge in [-0.05, 0) is 0 Å². The summed E-state index contributed by atoms with van der Waals surface area (Å²) < 4.78 is 61.4. The second-order valence-electron chi connectivity index (χ2n) is 1.40. The third-order valence-electron chi connectivity index (χ3n) is 0.453. The predicted octanol–water partition coefficient (Wildman–Crippen LogP) is 0.0689. The monoisotopic (exact) mass is 226 g/mol. The first-order chi connectivity index (χ1) is 5.50. The molecule has 0 aromatic heterocycles. The van der Waals surface area contributed by atoms with E-state index >= 15 is 0 Å². The Balaban J connectivity index is 0. The standard InChI is InChI=1S/C2HF3O2.CH4O4S/c3-2(4,5)1(6)7;1-5-6(2,3)4/h(H,6,7);1H3,(H,2,3,4). The first-order valence-corrected chi connectivity index (χ1v) is 3.70. The van der Waals surface area contributed by atoms with Crippen molar-refractivity contribution in [3.05, 3.63) is 0 Å². The average Bonchev–Trinajstić information content (AvgIpc) is 1.85. The molecule has 0 amide bonds. The van der Waals surface area contributed by atoms with E-state index in [1.807, 2.05) is 0 Å². The van der Waals surface area contributed by atoms with Crippen LogP contribution in [-0.4, -0.2) is 37.3 Å². The van der Waals surface area contributed by atoms with Crippen molar-refractivity contribution in [3.8, 4) is 0 Å². The van der Waals surface area contributed by atoms with Crippen LogP contribution in [0.25, 0.3) is 0 Å². The van der Waals surface area contributed by atoms with Crippen LogP contribution in [0.15, 0.2) is 0 Å². The fourth-order valence-corrected chi connectivity index (χ4v) is 0. The van der Waals surface area contributed by atoms with Gasteiger partial charge in [-0.3, -0.25) is 8.74 Å². The van der Waals surface area contributed by atoms with Crippen LogP contribution in [0.4, 0.5) is 13.2 Å². The summed E-state index contributed by atoms with van der Waals surface area (Å²) in [6.07, 6.45) is -5.08. The summed E-state index contributed by atoms with van der Waals surface area (Å²) in [5, 5.41) is 7.12. The molecule has 10 heteroatoms. The van der Waals surface area contributed by atoms with Crippen LogP contribution in [0, 0.1) is 0 Å². The second-order valence-corrected chi connectivity index (χ2v) is 2.59. The zero-order chi connectivity index (χ0) is 11.3. The normalized spacial score (nSPS) is 11.5. The van der Waals surface area contributed by atoms with Crippen LogP contribution in [0.3, 0.4) is 0 Å². The molecule has 0 bridgehead atoms. The maximum Gasteiger partial charge on any atom is 0.490 e. The smallest absolute Gasteiger partial charge is 0.475 e. The van der Waals surface area contributed by atoms with E-state index in [1.54, 1.807) is 0 Å². The van der Waals surface area contributed by atoms with Crippen molar-refractivity contribution in [1.29, 1.82) is 0 Å². The molecule has 0 radical (unpaired) electrons. The number of aliphatic carboxylic acids is 1. The highest BCUT2D eigenvalue weighted by atomic mass is 32.3. The Hall–Kier alpha value is -0.870. The van der Waals surface area contributed by atoms with E-state index in [0.717, 1.165) is 7.11 Å². The highest BCUT2D eigenvalue weighted by Gasteiger charge is 2.38. The molecule has 6 nitrogen and oxygen atoms in total. The lowest BCUT2D eigenvalue weighted by atomic mass is 10.7. The van der Waals surface area contributed by atoms with Gasteiger partial charge in [0.2, 0.25) is 0 Å². The van der Waals surface area contributed by atoms with Gasteiger partial charge in [0, 0.05) is 0 Å². The van der Waals surface area contributed by atoms with Crippen molar-refractivity contribution in [2.75, 3.05) is 7.11 Å². The van der Waals surface area contributed by atoms with Crippen LogP contribution >= 0.6 is 0 Å². The lowest BCUT2D eigenvalue weighted by Gasteiger charge is -1.93. The van der Waals surface area contributed by atoms with E-state index in [1.165, 1.54) is 0 Å². The van der Waals surface area contributed by atoms with E-state index in [-0.39, 0.29) is 0 Å². The summed E-state index contributed by atoms with van der Waals surface area (Å²) in [7, 11) is -3.29. The van der Waals surface area contributed by atoms with Crippen molar-refractivity contribution in [2.45, 2.75) is 6.18 Å². The Morgan fingerprint density at radius 1 is 1.38 bits per heavy atom. The zero-order valence-electron chi connectivity index (χ0n) is 6.07. The molecule has 80 valence electrons.